The quantitative estimate of drug-likeness (QED) is 0.770. The number of benzene rings is 2. The van der Waals surface area contributed by atoms with Crippen molar-refractivity contribution in [3.63, 3.8) is 0 Å². The summed E-state index contributed by atoms with van der Waals surface area (Å²) in [5, 5.41) is 8.01. The van der Waals surface area contributed by atoms with Crippen LogP contribution in [0.1, 0.15) is 13.3 Å². The average Bonchev–Trinajstić information content (AvgIpc) is 3.37. The van der Waals surface area contributed by atoms with E-state index in [1.807, 2.05) is 0 Å². The molecule has 0 aliphatic heterocycles. The fourth-order valence-corrected chi connectivity index (χ4v) is 2.65. The number of carbonyl (C=O) groups is 3. The van der Waals surface area contributed by atoms with Crippen LogP contribution >= 0.6 is 0 Å². The SMILES string of the molecule is CC(=O)Nc1ccc(NC(=O)C2CC2C(=O)Nc2cccc(F)c2)cc1. The highest BCUT2D eigenvalue weighted by Crippen LogP contribution is 2.40. The van der Waals surface area contributed by atoms with Crippen LogP contribution in [0.15, 0.2) is 48.5 Å². The molecule has 1 saturated carbocycles. The molecule has 2 unspecified atom stereocenters. The Bertz CT molecular complexity index is 851. The highest BCUT2D eigenvalue weighted by atomic mass is 19.1. The molecule has 26 heavy (non-hydrogen) atoms. The van der Waals surface area contributed by atoms with Crippen molar-refractivity contribution in [1.29, 1.82) is 0 Å². The molecule has 3 N–H and O–H groups in total. The van der Waals surface area contributed by atoms with Crippen LogP contribution in [0.5, 0.6) is 0 Å². The van der Waals surface area contributed by atoms with E-state index in [1.165, 1.54) is 25.1 Å². The van der Waals surface area contributed by atoms with Gasteiger partial charge in [-0.2, -0.15) is 0 Å². The maximum Gasteiger partial charge on any atom is 0.228 e. The first-order chi connectivity index (χ1) is 12.4. The lowest BCUT2D eigenvalue weighted by molar-refractivity contribution is -0.122. The molecule has 3 rings (SSSR count). The predicted octanol–water partition coefficient (Wildman–Crippen LogP) is 3.00. The third-order valence-corrected chi connectivity index (χ3v) is 4.03. The predicted molar refractivity (Wildman–Crippen MR) is 96.0 cm³/mol. The summed E-state index contributed by atoms with van der Waals surface area (Å²) in [5.74, 6) is -1.97. The van der Waals surface area contributed by atoms with E-state index in [1.54, 1.807) is 30.3 Å². The van der Waals surface area contributed by atoms with E-state index in [4.69, 9.17) is 0 Å². The van der Waals surface area contributed by atoms with Crippen LogP contribution in [-0.2, 0) is 14.4 Å². The Morgan fingerprint density at radius 2 is 1.38 bits per heavy atom. The van der Waals surface area contributed by atoms with Gasteiger partial charge >= 0.3 is 0 Å². The number of amides is 3. The highest BCUT2D eigenvalue weighted by Gasteiger charge is 2.48. The van der Waals surface area contributed by atoms with Crippen molar-refractivity contribution in [3.05, 3.63) is 54.3 Å². The van der Waals surface area contributed by atoms with Gasteiger partial charge in [-0.05, 0) is 48.9 Å². The van der Waals surface area contributed by atoms with Crippen molar-refractivity contribution < 1.29 is 18.8 Å². The first kappa shape index (κ1) is 17.6. The van der Waals surface area contributed by atoms with Crippen molar-refractivity contribution in [2.75, 3.05) is 16.0 Å². The van der Waals surface area contributed by atoms with Crippen molar-refractivity contribution in [2.45, 2.75) is 13.3 Å². The zero-order chi connectivity index (χ0) is 18.7. The van der Waals surface area contributed by atoms with Crippen LogP contribution in [0, 0.1) is 17.7 Å². The van der Waals surface area contributed by atoms with Gasteiger partial charge in [0.25, 0.3) is 0 Å². The van der Waals surface area contributed by atoms with Crippen LogP contribution in [0.2, 0.25) is 0 Å². The zero-order valence-corrected chi connectivity index (χ0v) is 14.1. The molecule has 0 spiro atoms. The second-order valence-corrected chi connectivity index (χ2v) is 6.20. The molecular formula is C19H18FN3O3. The maximum atomic E-state index is 13.1. The third-order valence-electron chi connectivity index (χ3n) is 4.03. The lowest BCUT2D eigenvalue weighted by Crippen LogP contribution is -2.20. The Morgan fingerprint density at radius 1 is 0.846 bits per heavy atom. The van der Waals surface area contributed by atoms with Crippen LogP contribution in [0.25, 0.3) is 0 Å². The number of hydrogen-bond donors (Lipinski definition) is 3. The Labute approximate surface area is 149 Å². The Morgan fingerprint density at radius 3 is 1.92 bits per heavy atom. The molecule has 1 fully saturated rings. The van der Waals surface area contributed by atoms with Gasteiger partial charge in [0.05, 0.1) is 11.8 Å². The monoisotopic (exact) mass is 355 g/mol. The van der Waals surface area contributed by atoms with E-state index in [9.17, 15) is 18.8 Å². The van der Waals surface area contributed by atoms with E-state index in [0.29, 0.717) is 23.5 Å². The molecule has 1 aliphatic carbocycles. The van der Waals surface area contributed by atoms with Gasteiger partial charge in [0.2, 0.25) is 17.7 Å². The number of carbonyl (C=O) groups excluding carboxylic acids is 3. The third kappa shape index (κ3) is 4.44. The Balaban J connectivity index is 1.52. The molecule has 1 aliphatic rings. The largest absolute Gasteiger partial charge is 0.326 e. The summed E-state index contributed by atoms with van der Waals surface area (Å²) in [5.41, 5.74) is 1.59. The number of rotatable bonds is 5. The standard InChI is InChI=1S/C19H18FN3O3/c1-11(24)21-13-5-7-14(8-6-13)22-18(25)16-10-17(16)19(26)23-15-4-2-3-12(20)9-15/h2-9,16-17H,10H2,1H3,(H,21,24)(H,22,25)(H,23,26). The van der Waals surface area contributed by atoms with Gasteiger partial charge < -0.3 is 16.0 Å². The van der Waals surface area contributed by atoms with E-state index >= 15 is 0 Å². The highest BCUT2D eigenvalue weighted by molar-refractivity contribution is 6.03. The molecule has 134 valence electrons. The summed E-state index contributed by atoms with van der Waals surface area (Å²) >= 11 is 0. The summed E-state index contributed by atoms with van der Waals surface area (Å²) in [4.78, 5) is 35.4. The van der Waals surface area contributed by atoms with E-state index in [-0.39, 0.29) is 17.7 Å². The average molecular weight is 355 g/mol. The molecule has 0 bridgehead atoms. The van der Waals surface area contributed by atoms with Crippen molar-refractivity contribution in [2.24, 2.45) is 11.8 Å². The molecule has 2 atom stereocenters. The summed E-state index contributed by atoms with van der Waals surface area (Å²) in [7, 11) is 0. The van der Waals surface area contributed by atoms with Crippen molar-refractivity contribution in [1.82, 2.24) is 0 Å². The minimum absolute atomic E-state index is 0.174. The van der Waals surface area contributed by atoms with Crippen molar-refractivity contribution >= 4 is 34.8 Å². The summed E-state index contributed by atoms with van der Waals surface area (Å²) in [6.45, 7) is 1.41. The van der Waals surface area contributed by atoms with E-state index in [2.05, 4.69) is 16.0 Å². The smallest absolute Gasteiger partial charge is 0.228 e. The van der Waals surface area contributed by atoms with Crippen molar-refractivity contribution in [3.8, 4) is 0 Å². The van der Waals surface area contributed by atoms with Crippen LogP contribution in [0.4, 0.5) is 21.5 Å². The van der Waals surface area contributed by atoms with E-state index in [0.717, 1.165) is 0 Å². The molecule has 2 aromatic rings. The molecule has 2 aromatic carbocycles. The number of anilines is 3. The van der Waals surface area contributed by atoms with Gasteiger partial charge in [-0.1, -0.05) is 6.07 Å². The van der Waals surface area contributed by atoms with Gasteiger partial charge in [0.1, 0.15) is 5.82 Å². The molecule has 7 heteroatoms. The molecule has 0 heterocycles. The van der Waals surface area contributed by atoms with Gasteiger partial charge in [0, 0.05) is 24.0 Å². The molecular weight excluding hydrogens is 337 g/mol. The van der Waals surface area contributed by atoms with Crippen LogP contribution in [0.3, 0.4) is 0 Å². The van der Waals surface area contributed by atoms with Crippen LogP contribution < -0.4 is 16.0 Å². The Kier molecular flexibility index (Phi) is 4.97. The minimum Gasteiger partial charge on any atom is -0.326 e. The van der Waals surface area contributed by atoms with Gasteiger partial charge in [-0.15, -0.1) is 0 Å². The van der Waals surface area contributed by atoms with E-state index < -0.39 is 17.7 Å². The van der Waals surface area contributed by atoms with Crippen LogP contribution in [-0.4, -0.2) is 17.7 Å². The second-order valence-electron chi connectivity index (χ2n) is 6.20. The molecule has 0 radical (unpaired) electrons. The fraction of sp³-hybridized carbons (Fsp3) is 0.211. The second kappa shape index (κ2) is 7.35. The normalized spacial score (nSPS) is 17.9. The molecule has 0 aromatic heterocycles. The van der Waals surface area contributed by atoms with Gasteiger partial charge in [-0.3, -0.25) is 14.4 Å². The summed E-state index contributed by atoms with van der Waals surface area (Å²) in [6, 6.07) is 12.3. The first-order valence-electron chi connectivity index (χ1n) is 8.17. The summed E-state index contributed by atoms with van der Waals surface area (Å²) in [6.07, 6.45) is 0.455. The number of halogens is 1. The molecule has 0 saturated heterocycles. The minimum atomic E-state index is -0.435. The Hall–Kier alpha value is -3.22. The lowest BCUT2D eigenvalue weighted by atomic mass is 10.2. The number of nitrogens with one attached hydrogen (secondary N) is 3. The topological polar surface area (TPSA) is 87.3 Å². The fourth-order valence-electron chi connectivity index (χ4n) is 2.65. The van der Waals surface area contributed by atoms with Gasteiger partial charge in [-0.25, -0.2) is 4.39 Å². The zero-order valence-electron chi connectivity index (χ0n) is 14.1. The lowest BCUT2D eigenvalue weighted by Gasteiger charge is -2.07. The van der Waals surface area contributed by atoms with Gasteiger partial charge in [0.15, 0.2) is 0 Å². The number of hydrogen-bond acceptors (Lipinski definition) is 3. The summed E-state index contributed by atoms with van der Waals surface area (Å²) < 4.78 is 13.1. The molecule has 3 amide bonds. The maximum absolute atomic E-state index is 13.1. The first-order valence-corrected chi connectivity index (χ1v) is 8.17. The molecule has 6 nitrogen and oxygen atoms in total.